The zero-order valence-electron chi connectivity index (χ0n) is 12.9. The standard InChI is InChI=1S/C16H12ClFN2O5/c1-9-2-3-10(6-14(9)20(23)24)16(22)25-8-15(21)19-13-5-4-11(18)7-12(13)17/h2-7H,8H2,1H3,(H,19,21). The minimum Gasteiger partial charge on any atom is -0.452 e. The number of ether oxygens (including phenoxy) is 1. The zero-order chi connectivity index (χ0) is 18.6. The Kier molecular flexibility index (Phi) is 5.66. The number of benzene rings is 2. The third kappa shape index (κ3) is 4.74. The van der Waals surface area contributed by atoms with Gasteiger partial charge in [-0.2, -0.15) is 0 Å². The van der Waals surface area contributed by atoms with E-state index in [2.05, 4.69) is 5.32 Å². The van der Waals surface area contributed by atoms with Crippen LogP contribution in [-0.2, 0) is 9.53 Å². The molecule has 0 bridgehead atoms. The highest BCUT2D eigenvalue weighted by molar-refractivity contribution is 6.33. The van der Waals surface area contributed by atoms with Crippen LogP contribution in [0.4, 0.5) is 15.8 Å². The summed E-state index contributed by atoms with van der Waals surface area (Å²) in [6.07, 6.45) is 0. The highest BCUT2D eigenvalue weighted by Gasteiger charge is 2.17. The molecule has 0 saturated carbocycles. The summed E-state index contributed by atoms with van der Waals surface area (Å²) in [5.74, 6) is -2.14. The third-order valence-corrected chi connectivity index (χ3v) is 3.49. The van der Waals surface area contributed by atoms with Gasteiger partial charge in [-0.3, -0.25) is 14.9 Å². The number of hydrogen-bond donors (Lipinski definition) is 1. The van der Waals surface area contributed by atoms with Crippen LogP contribution in [0.5, 0.6) is 0 Å². The highest BCUT2D eigenvalue weighted by atomic mass is 35.5. The lowest BCUT2D eigenvalue weighted by Crippen LogP contribution is -2.21. The Labute approximate surface area is 146 Å². The molecular formula is C16H12ClFN2O5. The smallest absolute Gasteiger partial charge is 0.338 e. The number of anilines is 1. The Morgan fingerprint density at radius 3 is 2.64 bits per heavy atom. The second-order valence-corrected chi connectivity index (χ2v) is 5.41. The summed E-state index contributed by atoms with van der Waals surface area (Å²) in [6.45, 7) is 0.904. The number of nitrogens with one attached hydrogen (secondary N) is 1. The molecule has 0 radical (unpaired) electrons. The van der Waals surface area contributed by atoms with Crippen molar-refractivity contribution in [2.45, 2.75) is 6.92 Å². The van der Waals surface area contributed by atoms with E-state index in [1.165, 1.54) is 25.1 Å². The van der Waals surface area contributed by atoms with Crippen molar-refractivity contribution in [3.63, 3.8) is 0 Å². The molecule has 0 aliphatic heterocycles. The maximum atomic E-state index is 12.9. The van der Waals surface area contributed by atoms with E-state index in [1.807, 2.05) is 0 Å². The van der Waals surface area contributed by atoms with Gasteiger partial charge in [-0.05, 0) is 31.2 Å². The van der Waals surface area contributed by atoms with E-state index in [1.54, 1.807) is 0 Å². The number of nitrogens with zero attached hydrogens (tertiary/aromatic N) is 1. The molecular weight excluding hydrogens is 355 g/mol. The van der Waals surface area contributed by atoms with Gasteiger partial charge in [0.25, 0.3) is 11.6 Å². The molecule has 7 nitrogen and oxygen atoms in total. The molecule has 0 spiro atoms. The minimum absolute atomic E-state index is 0.00571. The average molecular weight is 367 g/mol. The number of nitro groups is 1. The number of esters is 1. The number of carbonyl (C=O) groups is 2. The van der Waals surface area contributed by atoms with Crippen LogP contribution >= 0.6 is 11.6 Å². The van der Waals surface area contributed by atoms with Crippen molar-refractivity contribution in [1.29, 1.82) is 0 Å². The maximum Gasteiger partial charge on any atom is 0.338 e. The first kappa shape index (κ1) is 18.3. The van der Waals surface area contributed by atoms with E-state index in [4.69, 9.17) is 16.3 Å². The Balaban J connectivity index is 1.98. The predicted molar refractivity (Wildman–Crippen MR) is 88.2 cm³/mol. The fraction of sp³-hybridized carbons (Fsp3) is 0.125. The molecule has 0 saturated heterocycles. The summed E-state index contributed by atoms with van der Waals surface area (Å²) in [4.78, 5) is 33.9. The van der Waals surface area contributed by atoms with Crippen molar-refractivity contribution in [2.24, 2.45) is 0 Å². The Hall–Kier alpha value is -3.00. The lowest BCUT2D eigenvalue weighted by molar-refractivity contribution is -0.385. The zero-order valence-corrected chi connectivity index (χ0v) is 13.7. The molecule has 0 aliphatic carbocycles. The summed E-state index contributed by atoms with van der Waals surface area (Å²) in [5, 5.41) is 13.2. The molecule has 0 atom stereocenters. The Morgan fingerprint density at radius 2 is 2.00 bits per heavy atom. The van der Waals surface area contributed by atoms with Crippen LogP contribution in [0.2, 0.25) is 5.02 Å². The molecule has 2 aromatic carbocycles. The number of halogens is 2. The molecule has 1 amide bonds. The fourth-order valence-corrected chi connectivity index (χ4v) is 2.14. The number of amides is 1. The quantitative estimate of drug-likeness (QED) is 0.496. The molecule has 0 heterocycles. The maximum absolute atomic E-state index is 12.9. The van der Waals surface area contributed by atoms with Gasteiger partial charge in [0.1, 0.15) is 5.82 Å². The van der Waals surface area contributed by atoms with Gasteiger partial charge in [0.2, 0.25) is 0 Å². The SMILES string of the molecule is Cc1ccc(C(=O)OCC(=O)Nc2ccc(F)cc2Cl)cc1[N+](=O)[O-]. The number of carbonyl (C=O) groups excluding carboxylic acids is 2. The van der Waals surface area contributed by atoms with Crippen molar-refractivity contribution in [3.05, 3.63) is 68.5 Å². The van der Waals surface area contributed by atoms with Gasteiger partial charge in [0.05, 0.1) is 21.2 Å². The monoisotopic (exact) mass is 366 g/mol. The Bertz CT molecular complexity index is 856. The van der Waals surface area contributed by atoms with Crippen LogP contribution in [0.15, 0.2) is 36.4 Å². The minimum atomic E-state index is -0.886. The van der Waals surface area contributed by atoms with Crippen LogP contribution in [0.25, 0.3) is 0 Å². The number of nitro benzene ring substituents is 1. The largest absolute Gasteiger partial charge is 0.452 e. The Morgan fingerprint density at radius 1 is 1.28 bits per heavy atom. The van der Waals surface area contributed by atoms with Crippen molar-refractivity contribution >= 4 is 34.9 Å². The summed E-state index contributed by atoms with van der Waals surface area (Å²) in [5.41, 5.74) is 0.280. The topological polar surface area (TPSA) is 98.5 Å². The van der Waals surface area contributed by atoms with Crippen LogP contribution in [0.1, 0.15) is 15.9 Å². The molecule has 25 heavy (non-hydrogen) atoms. The van der Waals surface area contributed by atoms with Gasteiger partial charge in [-0.25, -0.2) is 9.18 Å². The average Bonchev–Trinajstić information content (AvgIpc) is 2.55. The van der Waals surface area contributed by atoms with Crippen LogP contribution in [0.3, 0.4) is 0 Å². The molecule has 2 aromatic rings. The molecule has 0 aliphatic rings. The molecule has 0 unspecified atom stereocenters. The summed E-state index contributed by atoms with van der Waals surface area (Å²) in [6, 6.07) is 7.24. The number of aryl methyl sites for hydroxylation is 1. The van der Waals surface area contributed by atoms with Crippen LogP contribution in [-0.4, -0.2) is 23.4 Å². The van der Waals surface area contributed by atoms with Crippen LogP contribution in [0, 0.1) is 22.9 Å². The predicted octanol–water partition coefficient (Wildman–Crippen LogP) is 3.49. The van der Waals surface area contributed by atoms with Crippen molar-refractivity contribution < 1.29 is 23.6 Å². The van der Waals surface area contributed by atoms with E-state index in [0.717, 1.165) is 18.2 Å². The van der Waals surface area contributed by atoms with E-state index in [-0.39, 0.29) is 22.0 Å². The molecule has 0 fully saturated rings. The molecule has 9 heteroatoms. The van der Waals surface area contributed by atoms with Crippen LogP contribution < -0.4 is 5.32 Å². The molecule has 130 valence electrons. The first-order chi connectivity index (χ1) is 11.8. The van der Waals surface area contributed by atoms with Crippen molar-refractivity contribution in [2.75, 3.05) is 11.9 Å². The van der Waals surface area contributed by atoms with Crippen molar-refractivity contribution in [1.82, 2.24) is 0 Å². The lowest BCUT2D eigenvalue weighted by atomic mass is 10.1. The van der Waals surface area contributed by atoms with E-state index in [9.17, 15) is 24.1 Å². The van der Waals surface area contributed by atoms with E-state index in [0.29, 0.717) is 5.56 Å². The molecule has 2 rings (SSSR count). The molecule has 0 aromatic heterocycles. The summed E-state index contributed by atoms with van der Waals surface area (Å²) in [7, 11) is 0. The normalized spacial score (nSPS) is 10.2. The van der Waals surface area contributed by atoms with Crippen molar-refractivity contribution in [3.8, 4) is 0 Å². The molecule has 1 N–H and O–H groups in total. The second kappa shape index (κ2) is 7.71. The van der Waals surface area contributed by atoms with Gasteiger partial charge >= 0.3 is 5.97 Å². The fourth-order valence-electron chi connectivity index (χ4n) is 1.92. The third-order valence-electron chi connectivity index (χ3n) is 3.18. The summed E-state index contributed by atoms with van der Waals surface area (Å²) < 4.78 is 17.7. The van der Waals surface area contributed by atoms with E-state index >= 15 is 0 Å². The lowest BCUT2D eigenvalue weighted by Gasteiger charge is -2.08. The van der Waals surface area contributed by atoms with E-state index < -0.39 is 29.2 Å². The van der Waals surface area contributed by atoms with Gasteiger partial charge in [-0.15, -0.1) is 0 Å². The highest BCUT2D eigenvalue weighted by Crippen LogP contribution is 2.22. The first-order valence-electron chi connectivity index (χ1n) is 6.95. The van der Waals surface area contributed by atoms with Gasteiger partial charge < -0.3 is 10.1 Å². The summed E-state index contributed by atoms with van der Waals surface area (Å²) >= 11 is 5.77. The number of rotatable bonds is 5. The van der Waals surface area contributed by atoms with Gasteiger partial charge in [0, 0.05) is 11.6 Å². The first-order valence-corrected chi connectivity index (χ1v) is 7.33. The van der Waals surface area contributed by atoms with Gasteiger partial charge in [-0.1, -0.05) is 17.7 Å². The van der Waals surface area contributed by atoms with Gasteiger partial charge in [0.15, 0.2) is 6.61 Å². The number of hydrogen-bond acceptors (Lipinski definition) is 5. The second-order valence-electron chi connectivity index (χ2n) is 5.01.